The van der Waals surface area contributed by atoms with Gasteiger partial charge in [0.25, 0.3) is 5.95 Å². The van der Waals surface area contributed by atoms with E-state index in [1.807, 2.05) is 18.9 Å². The van der Waals surface area contributed by atoms with Crippen LogP contribution in [0.2, 0.25) is 0 Å². The molecule has 0 fully saturated rings. The van der Waals surface area contributed by atoms with E-state index in [2.05, 4.69) is 33.9 Å². The van der Waals surface area contributed by atoms with Gasteiger partial charge in [-0.2, -0.15) is 20.1 Å². The molecule has 2 rings (SSSR count). The summed E-state index contributed by atoms with van der Waals surface area (Å²) in [5, 5.41) is 6.30. The van der Waals surface area contributed by atoms with E-state index >= 15 is 0 Å². The molecule has 92 valence electrons. The fraction of sp³-hybridized carbons (Fsp3) is 0.636. The van der Waals surface area contributed by atoms with Crippen molar-refractivity contribution in [2.75, 3.05) is 10.7 Å². The highest BCUT2D eigenvalue weighted by Crippen LogP contribution is 2.30. The molecule has 0 radical (unpaired) electrons. The van der Waals surface area contributed by atoms with Gasteiger partial charge in [-0.25, -0.2) is 5.01 Å². The lowest BCUT2D eigenvalue weighted by Gasteiger charge is -2.28. The number of rotatable bonds is 2. The summed E-state index contributed by atoms with van der Waals surface area (Å²) in [6, 6.07) is 0. The molecule has 1 aliphatic rings. The topological polar surface area (TPSA) is 80.3 Å². The lowest BCUT2D eigenvalue weighted by Crippen LogP contribution is -2.37. The Morgan fingerprint density at radius 1 is 1.29 bits per heavy atom. The van der Waals surface area contributed by atoms with Gasteiger partial charge < -0.3 is 5.73 Å². The zero-order valence-corrected chi connectivity index (χ0v) is 10.7. The Balaban J connectivity index is 2.43. The predicted molar refractivity (Wildman–Crippen MR) is 67.9 cm³/mol. The second-order valence-corrected chi connectivity index (χ2v) is 4.90. The molecule has 0 saturated heterocycles. The van der Waals surface area contributed by atoms with E-state index in [-0.39, 0.29) is 11.5 Å². The maximum Gasteiger partial charge on any atom is 0.251 e. The van der Waals surface area contributed by atoms with Crippen LogP contribution in [0.4, 0.5) is 11.9 Å². The third-order valence-corrected chi connectivity index (χ3v) is 2.73. The molecule has 2 N–H and O–H groups in total. The second kappa shape index (κ2) is 3.94. The zero-order valence-electron chi connectivity index (χ0n) is 10.7. The van der Waals surface area contributed by atoms with Gasteiger partial charge >= 0.3 is 0 Å². The van der Waals surface area contributed by atoms with Crippen LogP contribution in [0.3, 0.4) is 0 Å². The molecule has 17 heavy (non-hydrogen) atoms. The summed E-state index contributed by atoms with van der Waals surface area (Å²) in [6.45, 7) is 8.21. The van der Waals surface area contributed by atoms with Crippen LogP contribution in [0, 0.1) is 0 Å². The van der Waals surface area contributed by atoms with E-state index in [1.54, 1.807) is 0 Å². The number of aromatic nitrogens is 3. The van der Waals surface area contributed by atoms with Gasteiger partial charge in [0.2, 0.25) is 5.95 Å². The van der Waals surface area contributed by atoms with Crippen LogP contribution in [-0.2, 0) is 6.42 Å². The number of hydrogen-bond acceptors (Lipinski definition) is 6. The number of aryl methyl sites for hydroxylation is 1. The molecule has 1 aromatic heterocycles. The van der Waals surface area contributed by atoms with Gasteiger partial charge in [-0.05, 0) is 20.8 Å². The summed E-state index contributed by atoms with van der Waals surface area (Å²) in [7, 11) is 0. The summed E-state index contributed by atoms with van der Waals surface area (Å²) in [5.41, 5.74) is 6.66. The fourth-order valence-corrected chi connectivity index (χ4v) is 2.04. The van der Waals surface area contributed by atoms with E-state index in [9.17, 15) is 0 Å². The molecule has 0 aliphatic carbocycles. The molecule has 0 spiro atoms. The molecule has 0 saturated carbocycles. The van der Waals surface area contributed by atoms with Gasteiger partial charge in [0, 0.05) is 18.6 Å². The molecule has 6 heteroatoms. The summed E-state index contributed by atoms with van der Waals surface area (Å²) in [5.74, 6) is 1.49. The standard InChI is InChI=1S/C11H18N6/c1-5-8-13-9(12)15-10(14-8)17-11(3,4)6-7(2)16-17/h5-6H2,1-4H3,(H2,12,13,14,15). The monoisotopic (exact) mass is 234 g/mol. The summed E-state index contributed by atoms with van der Waals surface area (Å²) >= 11 is 0. The lowest BCUT2D eigenvalue weighted by atomic mass is 9.99. The Morgan fingerprint density at radius 2 is 2.00 bits per heavy atom. The van der Waals surface area contributed by atoms with E-state index < -0.39 is 0 Å². The van der Waals surface area contributed by atoms with Crippen LogP contribution >= 0.6 is 0 Å². The minimum Gasteiger partial charge on any atom is -0.368 e. The van der Waals surface area contributed by atoms with Gasteiger partial charge in [-0.3, -0.25) is 0 Å². The number of anilines is 2. The van der Waals surface area contributed by atoms with Crippen LogP contribution in [0.25, 0.3) is 0 Å². The number of nitrogen functional groups attached to an aromatic ring is 1. The molecule has 6 nitrogen and oxygen atoms in total. The first kappa shape index (κ1) is 11.8. The number of hydrogen-bond donors (Lipinski definition) is 1. The molecule has 0 bridgehead atoms. The van der Waals surface area contributed by atoms with E-state index in [0.717, 1.165) is 18.6 Å². The highest BCUT2D eigenvalue weighted by Gasteiger charge is 2.35. The fourth-order valence-electron chi connectivity index (χ4n) is 2.04. The van der Waals surface area contributed by atoms with Crippen molar-refractivity contribution < 1.29 is 0 Å². The first-order valence-corrected chi connectivity index (χ1v) is 5.77. The van der Waals surface area contributed by atoms with Crippen molar-refractivity contribution in [2.24, 2.45) is 5.10 Å². The number of nitrogens with two attached hydrogens (primary N) is 1. The smallest absolute Gasteiger partial charge is 0.251 e. The van der Waals surface area contributed by atoms with E-state index in [1.165, 1.54) is 0 Å². The lowest BCUT2D eigenvalue weighted by molar-refractivity contribution is 0.504. The highest BCUT2D eigenvalue weighted by atomic mass is 15.6. The maximum absolute atomic E-state index is 5.69. The zero-order chi connectivity index (χ0) is 12.6. The van der Waals surface area contributed by atoms with Crippen molar-refractivity contribution in [3.05, 3.63) is 5.82 Å². The molecule has 0 unspecified atom stereocenters. The normalized spacial score (nSPS) is 18.4. The predicted octanol–water partition coefficient (Wildman–Crippen LogP) is 1.38. The minimum absolute atomic E-state index is 0.108. The SMILES string of the molecule is CCc1nc(N)nc(N2N=C(C)CC2(C)C)n1. The Labute approximate surface area is 101 Å². The molecule has 1 aromatic rings. The van der Waals surface area contributed by atoms with Gasteiger partial charge in [0.15, 0.2) is 0 Å². The van der Waals surface area contributed by atoms with Crippen molar-refractivity contribution in [2.45, 2.75) is 46.1 Å². The molecule has 0 atom stereocenters. The van der Waals surface area contributed by atoms with Crippen LogP contribution in [0.15, 0.2) is 5.10 Å². The second-order valence-electron chi connectivity index (χ2n) is 4.90. The summed E-state index contributed by atoms with van der Waals surface area (Å²) in [6.07, 6.45) is 1.64. The van der Waals surface area contributed by atoms with Gasteiger partial charge in [0.1, 0.15) is 5.82 Å². The van der Waals surface area contributed by atoms with E-state index in [0.29, 0.717) is 11.8 Å². The molecular weight excluding hydrogens is 216 g/mol. The molecule has 0 aromatic carbocycles. The first-order chi connectivity index (χ1) is 7.92. The van der Waals surface area contributed by atoms with Crippen LogP contribution in [-0.4, -0.2) is 26.2 Å². The first-order valence-electron chi connectivity index (χ1n) is 5.77. The molecular formula is C11H18N6. The van der Waals surface area contributed by atoms with Crippen LogP contribution < -0.4 is 10.7 Å². The third kappa shape index (κ3) is 2.20. The van der Waals surface area contributed by atoms with Gasteiger partial charge in [-0.15, -0.1) is 0 Å². The highest BCUT2D eigenvalue weighted by molar-refractivity contribution is 5.86. The van der Waals surface area contributed by atoms with Gasteiger partial charge in [0.05, 0.1) is 5.54 Å². The largest absolute Gasteiger partial charge is 0.368 e. The summed E-state index contributed by atoms with van der Waals surface area (Å²) < 4.78 is 0. The quantitative estimate of drug-likeness (QED) is 0.836. The Kier molecular flexibility index (Phi) is 2.73. The Morgan fingerprint density at radius 3 is 2.53 bits per heavy atom. The average Bonchev–Trinajstić information content (AvgIpc) is 2.51. The van der Waals surface area contributed by atoms with Crippen molar-refractivity contribution in [1.29, 1.82) is 0 Å². The third-order valence-electron chi connectivity index (χ3n) is 2.73. The number of hydrazone groups is 1. The number of nitrogens with zero attached hydrogens (tertiary/aromatic N) is 5. The van der Waals surface area contributed by atoms with Crippen molar-refractivity contribution >= 4 is 17.6 Å². The van der Waals surface area contributed by atoms with Crippen LogP contribution in [0.1, 0.15) is 39.9 Å². The maximum atomic E-state index is 5.69. The molecule has 1 aliphatic heterocycles. The molecule has 0 amide bonds. The summed E-state index contributed by atoms with van der Waals surface area (Å²) in [4.78, 5) is 12.6. The average molecular weight is 234 g/mol. The minimum atomic E-state index is -0.108. The Bertz CT molecular complexity index is 465. The van der Waals surface area contributed by atoms with Crippen molar-refractivity contribution in [1.82, 2.24) is 15.0 Å². The van der Waals surface area contributed by atoms with Crippen LogP contribution in [0.5, 0.6) is 0 Å². The molecule has 2 heterocycles. The van der Waals surface area contributed by atoms with Crippen molar-refractivity contribution in [3.63, 3.8) is 0 Å². The van der Waals surface area contributed by atoms with Gasteiger partial charge in [-0.1, -0.05) is 6.92 Å². The van der Waals surface area contributed by atoms with E-state index in [4.69, 9.17) is 5.73 Å². The Hall–Kier alpha value is -1.72. The van der Waals surface area contributed by atoms with Crippen molar-refractivity contribution in [3.8, 4) is 0 Å².